The van der Waals surface area contributed by atoms with E-state index >= 15 is 0 Å². The van der Waals surface area contributed by atoms with Crippen LogP contribution in [0.4, 0.5) is 0 Å². The molecule has 1 aliphatic rings. The van der Waals surface area contributed by atoms with Crippen molar-refractivity contribution in [1.29, 1.82) is 0 Å². The predicted molar refractivity (Wildman–Crippen MR) is 65.4 cm³/mol. The Balaban J connectivity index is 0.00000169. The lowest BCUT2D eigenvalue weighted by Gasteiger charge is -2.35. The summed E-state index contributed by atoms with van der Waals surface area (Å²) in [5, 5.41) is 0. The van der Waals surface area contributed by atoms with Crippen LogP contribution in [-0.2, 0) is 0 Å². The minimum absolute atomic E-state index is 0. The van der Waals surface area contributed by atoms with Crippen LogP contribution in [0.3, 0.4) is 0 Å². The van der Waals surface area contributed by atoms with Crippen LogP contribution in [0.5, 0.6) is 0 Å². The van der Waals surface area contributed by atoms with E-state index < -0.39 is 7.26 Å². The van der Waals surface area contributed by atoms with Crippen LogP contribution in [0.15, 0.2) is 0 Å². The van der Waals surface area contributed by atoms with Crippen molar-refractivity contribution in [1.82, 2.24) is 0 Å². The van der Waals surface area contributed by atoms with Gasteiger partial charge in [0.1, 0.15) is 0 Å². The fourth-order valence-corrected chi connectivity index (χ4v) is 7.43. The quantitative estimate of drug-likeness (QED) is 0.648. The third-order valence-corrected chi connectivity index (χ3v) is 10.1. The van der Waals surface area contributed by atoms with E-state index in [0.717, 1.165) is 5.66 Å². The highest BCUT2D eigenvalue weighted by Gasteiger charge is 2.40. The molecule has 1 rings (SSSR count). The molecular formula is C12H26ClP. The van der Waals surface area contributed by atoms with Crippen molar-refractivity contribution >= 4 is 7.26 Å². The first-order valence-electron chi connectivity index (χ1n) is 6.14. The predicted octanol–water partition coefficient (Wildman–Crippen LogP) is 1.40. The first kappa shape index (κ1) is 14.7. The molecule has 0 radical (unpaired) electrons. The zero-order valence-electron chi connectivity index (χ0n) is 10.1. The van der Waals surface area contributed by atoms with E-state index in [0.29, 0.717) is 0 Å². The lowest BCUT2D eigenvalue weighted by molar-refractivity contribution is -0.00000297. The Morgan fingerprint density at radius 1 is 0.857 bits per heavy atom. The van der Waals surface area contributed by atoms with Crippen molar-refractivity contribution in [3.8, 4) is 0 Å². The standard InChI is InChI=1S/C12H26P.ClH/c1-4-13(5-2,6-3)12-10-8-7-9-11-12;/h12H,4-11H2,1-3H3;1H/q+1;/p-1. The lowest BCUT2D eigenvalue weighted by Crippen LogP contribution is -3.00. The maximum Gasteiger partial charge on any atom is 0.0697 e. The second kappa shape index (κ2) is 7.07. The van der Waals surface area contributed by atoms with E-state index in [4.69, 9.17) is 0 Å². The molecule has 0 spiro atoms. The zero-order valence-corrected chi connectivity index (χ0v) is 11.7. The van der Waals surface area contributed by atoms with Gasteiger partial charge in [0, 0.05) is 7.26 Å². The molecule has 0 heterocycles. The van der Waals surface area contributed by atoms with Crippen molar-refractivity contribution < 1.29 is 12.4 Å². The van der Waals surface area contributed by atoms with Gasteiger partial charge in [0.2, 0.25) is 0 Å². The van der Waals surface area contributed by atoms with Gasteiger partial charge in [-0.05, 0) is 46.5 Å². The van der Waals surface area contributed by atoms with Gasteiger partial charge >= 0.3 is 0 Å². The maximum atomic E-state index is 2.44. The number of rotatable bonds is 4. The monoisotopic (exact) mass is 236 g/mol. The van der Waals surface area contributed by atoms with Crippen LogP contribution in [-0.4, -0.2) is 24.1 Å². The van der Waals surface area contributed by atoms with Gasteiger partial charge < -0.3 is 12.4 Å². The van der Waals surface area contributed by atoms with E-state index in [2.05, 4.69) is 20.8 Å². The van der Waals surface area contributed by atoms with Crippen LogP contribution in [0, 0.1) is 0 Å². The minimum Gasteiger partial charge on any atom is -1.00 e. The fraction of sp³-hybridized carbons (Fsp3) is 1.00. The molecule has 0 saturated heterocycles. The molecule has 1 aliphatic carbocycles. The highest BCUT2D eigenvalue weighted by molar-refractivity contribution is 7.76. The Kier molecular flexibility index (Phi) is 7.43. The molecule has 86 valence electrons. The number of halogens is 1. The number of hydrogen-bond donors (Lipinski definition) is 0. The zero-order chi connectivity index (χ0) is 9.73. The van der Waals surface area contributed by atoms with Gasteiger partial charge in [0.25, 0.3) is 0 Å². The first-order valence-corrected chi connectivity index (χ1v) is 8.56. The molecule has 1 fully saturated rings. The van der Waals surface area contributed by atoms with Crippen LogP contribution in [0.25, 0.3) is 0 Å². The van der Waals surface area contributed by atoms with Gasteiger partial charge in [0.05, 0.1) is 24.1 Å². The molecule has 0 aromatic rings. The third kappa shape index (κ3) is 3.11. The van der Waals surface area contributed by atoms with Crippen LogP contribution >= 0.6 is 7.26 Å². The van der Waals surface area contributed by atoms with Crippen molar-refractivity contribution in [3.05, 3.63) is 0 Å². The second-order valence-corrected chi connectivity index (χ2v) is 9.52. The molecule has 0 unspecified atom stereocenters. The van der Waals surface area contributed by atoms with Crippen LogP contribution in [0.2, 0.25) is 0 Å². The summed E-state index contributed by atoms with van der Waals surface area (Å²) in [6.45, 7) is 7.32. The summed E-state index contributed by atoms with van der Waals surface area (Å²) < 4.78 is 0. The van der Waals surface area contributed by atoms with E-state index in [1.807, 2.05) is 0 Å². The van der Waals surface area contributed by atoms with Gasteiger partial charge in [0.15, 0.2) is 0 Å². The topological polar surface area (TPSA) is 0 Å². The summed E-state index contributed by atoms with van der Waals surface area (Å²) in [5.41, 5.74) is 1.15. The third-order valence-electron chi connectivity index (χ3n) is 4.24. The summed E-state index contributed by atoms with van der Waals surface area (Å²) >= 11 is 0. The van der Waals surface area contributed by atoms with Gasteiger partial charge in [-0.25, -0.2) is 0 Å². The summed E-state index contributed by atoms with van der Waals surface area (Å²) in [7, 11) is -0.514. The molecule has 14 heavy (non-hydrogen) atoms. The Morgan fingerprint density at radius 3 is 1.64 bits per heavy atom. The van der Waals surface area contributed by atoms with Gasteiger partial charge in [-0.1, -0.05) is 6.42 Å². The molecule has 0 aromatic carbocycles. The molecule has 1 saturated carbocycles. The first-order chi connectivity index (χ1) is 6.29. The Hall–Kier alpha value is 0.720. The molecule has 2 heteroatoms. The molecule has 0 aromatic heterocycles. The normalized spacial score (nSPS) is 19.1. The number of hydrogen-bond acceptors (Lipinski definition) is 0. The average molecular weight is 237 g/mol. The van der Waals surface area contributed by atoms with E-state index in [-0.39, 0.29) is 12.4 Å². The molecule has 0 atom stereocenters. The maximum absolute atomic E-state index is 2.44. The second-order valence-electron chi connectivity index (χ2n) is 4.46. The fourth-order valence-electron chi connectivity index (χ4n) is 3.07. The van der Waals surface area contributed by atoms with Crippen LogP contribution in [0.1, 0.15) is 52.9 Å². The van der Waals surface area contributed by atoms with E-state index in [1.54, 1.807) is 12.8 Å². The highest BCUT2D eigenvalue weighted by atomic mass is 35.5. The molecule has 0 nitrogen and oxygen atoms in total. The summed E-state index contributed by atoms with van der Waals surface area (Å²) in [6.07, 6.45) is 12.2. The minimum atomic E-state index is -0.514. The Morgan fingerprint density at radius 2 is 1.29 bits per heavy atom. The SMILES string of the molecule is CC[P+](CC)(CC)C1CCCCC1.[Cl-]. The lowest BCUT2D eigenvalue weighted by atomic mass is 10.0. The Bertz CT molecular complexity index is 129. The average Bonchev–Trinajstić information content (AvgIpc) is 2.23. The van der Waals surface area contributed by atoms with E-state index in [9.17, 15) is 0 Å². The van der Waals surface area contributed by atoms with Gasteiger partial charge in [-0.2, -0.15) is 0 Å². The molecule has 0 amide bonds. The highest BCUT2D eigenvalue weighted by Crippen LogP contribution is 2.65. The van der Waals surface area contributed by atoms with Crippen molar-refractivity contribution in [2.45, 2.75) is 58.5 Å². The smallest absolute Gasteiger partial charge is 0.0697 e. The van der Waals surface area contributed by atoms with E-state index in [1.165, 1.54) is 37.7 Å². The largest absolute Gasteiger partial charge is 1.00 e. The molecular weight excluding hydrogens is 211 g/mol. The van der Waals surface area contributed by atoms with Gasteiger partial charge in [-0.15, -0.1) is 0 Å². The summed E-state index contributed by atoms with van der Waals surface area (Å²) in [4.78, 5) is 0. The molecule has 0 N–H and O–H groups in total. The van der Waals surface area contributed by atoms with Crippen LogP contribution < -0.4 is 12.4 Å². The summed E-state index contributed by atoms with van der Waals surface area (Å²) in [6, 6.07) is 0. The van der Waals surface area contributed by atoms with Crippen molar-refractivity contribution in [2.75, 3.05) is 18.5 Å². The summed E-state index contributed by atoms with van der Waals surface area (Å²) in [5.74, 6) is 0. The Labute approximate surface area is 97.0 Å². The van der Waals surface area contributed by atoms with Crippen molar-refractivity contribution in [3.63, 3.8) is 0 Å². The van der Waals surface area contributed by atoms with Crippen molar-refractivity contribution in [2.24, 2.45) is 0 Å². The van der Waals surface area contributed by atoms with Gasteiger partial charge in [-0.3, -0.25) is 0 Å². The molecule has 0 bridgehead atoms. The molecule has 0 aliphatic heterocycles.